The Bertz CT molecular complexity index is 901. The molecule has 1 N–H and O–H groups in total. The molecule has 0 aliphatic carbocycles. The van der Waals surface area contributed by atoms with Crippen LogP contribution in [0.2, 0.25) is 0 Å². The van der Waals surface area contributed by atoms with Gasteiger partial charge in [-0.25, -0.2) is 4.39 Å². The van der Waals surface area contributed by atoms with E-state index >= 15 is 0 Å². The van der Waals surface area contributed by atoms with Gasteiger partial charge in [0.05, 0.1) is 11.5 Å². The second kappa shape index (κ2) is 6.95. The van der Waals surface area contributed by atoms with Crippen LogP contribution in [0.25, 0.3) is 0 Å². The van der Waals surface area contributed by atoms with Crippen LogP contribution in [0.4, 0.5) is 10.1 Å². The van der Waals surface area contributed by atoms with Crippen molar-refractivity contribution < 1.29 is 18.5 Å². The molecule has 0 saturated carbocycles. The third-order valence-corrected chi connectivity index (χ3v) is 3.40. The number of nitrogens with zero attached hydrogens (tertiary/aromatic N) is 3. The minimum absolute atomic E-state index is 0.110. The highest BCUT2D eigenvalue weighted by Crippen LogP contribution is 2.13. The molecule has 0 spiro atoms. The molecule has 9 heteroatoms. The fraction of sp³-hybridized carbons (Fsp3) is 0.125. The Kier molecular flexibility index (Phi) is 4.55. The highest BCUT2D eigenvalue weighted by molar-refractivity contribution is 5.91. The van der Waals surface area contributed by atoms with Crippen molar-refractivity contribution in [3.05, 3.63) is 81.8 Å². The number of rotatable bonds is 6. The summed E-state index contributed by atoms with van der Waals surface area (Å²) in [6.07, 6.45) is 2.41. The van der Waals surface area contributed by atoms with Gasteiger partial charge in [-0.2, -0.15) is 5.10 Å². The van der Waals surface area contributed by atoms with Crippen LogP contribution in [0.3, 0.4) is 0 Å². The van der Waals surface area contributed by atoms with Crippen molar-refractivity contribution in [1.82, 2.24) is 15.1 Å². The van der Waals surface area contributed by atoms with E-state index in [0.717, 1.165) is 11.8 Å². The van der Waals surface area contributed by atoms with Crippen LogP contribution in [-0.4, -0.2) is 20.6 Å². The molecule has 2 heterocycles. The van der Waals surface area contributed by atoms with Gasteiger partial charge in [0.25, 0.3) is 5.91 Å². The van der Waals surface area contributed by atoms with Gasteiger partial charge in [0.15, 0.2) is 5.76 Å². The zero-order valence-corrected chi connectivity index (χ0v) is 12.9. The normalized spacial score (nSPS) is 10.6. The summed E-state index contributed by atoms with van der Waals surface area (Å²) in [5.74, 6) is -0.213. The third-order valence-electron chi connectivity index (χ3n) is 3.40. The third kappa shape index (κ3) is 4.08. The maximum Gasteiger partial charge on any atom is 0.307 e. The van der Waals surface area contributed by atoms with Crippen LogP contribution in [0.5, 0.6) is 0 Å². The quantitative estimate of drug-likeness (QED) is 0.546. The number of hydrogen-bond acceptors (Lipinski definition) is 5. The van der Waals surface area contributed by atoms with Crippen molar-refractivity contribution in [3.8, 4) is 0 Å². The van der Waals surface area contributed by atoms with E-state index in [1.165, 1.54) is 29.1 Å². The van der Waals surface area contributed by atoms with Gasteiger partial charge in [-0.15, -0.1) is 0 Å². The second-order valence-corrected chi connectivity index (χ2v) is 5.23. The molecule has 1 aromatic carbocycles. The van der Waals surface area contributed by atoms with Crippen molar-refractivity contribution in [2.24, 2.45) is 0 Å². The van der Waals surface area contributed by atoms with E-state index in [9.17, 15) is 19.3 Å². The Hall–Kier alpha value is -3.49. The zero-order valence-electron chi connectivity index (χ0n) is 12.9. The molecule has 3 aromatic rings. The summed E-state index contributed by atoms with van der Waals surface area (Å²) in [7, 11) is 0. The lowest BCUT2D eigenvalue weighted by atomic mass is 10.2. The maximum atomic E-state index is 12.8. The predicted octanol–water partition coefficient (Wildman–Crippen LogP) is 2.50. The monoisotopic (exact) mass is 344 g/mol. The highest BCUT2D eigenvalue weighted by atomic mass is 19.1. The molecule has 0 atom stereocenters. The molecule has 0 aliphatic heterocycles. The number of amides is 1. The molecule has 0 saturated heterocycles. The topological polar surface area (TPSA) is 103 Å². The lowest BCUT2D eigenvalue weighted by molar-refractivity contribution is -0.385. The van der Waals surface area contributed by atoms with Gasteiger partial charge in [-0.1, -0.05) is 12.1 Å². The van der Waals surface area contributed by atoms with E-state index in [-0.39, 0.29) is 30.4 Å². The SMILES string of the molecule is O=C(NCc1ccc(F)cc1)c1ccc(Cn2cc([N+](=O)[O-])cn2)o1. The van der Waals surface area contributed by atoms with Gasteiger partial charge in [0.2, 0.25) is 0 Å². The number of carbonyl (C=O) groups excluding carboxylic acids is 1. The second-order valence-electron chi connectivity index (χ2n) is 5.23. The Balaban J connectivity index is 1.59. The maximum absolute atomic E-state index is 12.8. The number of aromatic nitrogens is 2. The largest absolute Gasteiger partial charge is 0.454 e. The average Bonchev–Trinajstić information content (AvgIpc) is 3.24. The summed E-state index contributed by atoms with van der Waals surface area (Å²) >= 11 is 0. The molecular weight excluding hydrogens is 331 g/mol. The number of hydrogen-bond donors (Lipinski definition) is 1. The molecule has 8 nitrogen and oxygen atoms in total. The number of nitrogens with one attached hydrogen (secondary N) is 1. The molecule has 3 rings (SSSR count). The molecule has 128 valence electrons. The number of furan rings is 1. The molecule has 25 heavy (non-hydrogen) atoms. The van der Waals surface area contributed by atoms with E-state index in [1.54, 1.807) is 18.2 Å². The fourth-order valence-corrected chi connectivity index (χ4v) is 2.15. The van der Waals surface area contributed by atoms with E-state index in [2.05, 4.69) is 10.4 Å². The Morgan fingerprint density at radius 1 is 1.28 bits per heavy atom. The fourth-order valence-electron chi connectivity index (χ4n) is 2.15. The van der Waals surface area contributed by atoms with Gasteiger partial charge < -0.3 is 9.73 Å². The Morgan fingerprint density at radius 2 is 2.04 bits per heavy atom. The van der Waals surface area contributed by atoms with E-state index in [4.69, 9.17) is 4.42 Å². The van der Waals surface area contributed by atoms with Crippen molar-refractivity contribution in [1.29, 1.82) is 0 Å². The van der Waals surface area contributed by atoms with E-state index in [1.807, 2.05) is 0 Å². The van der Waals surface area contributed by atoms with Crippen molar-refractivity contribution in [2.45, 2.75) is 13.1 Å². The number of benzene rings is 1. The first-order chi connectivity index (χ1) is 12.0. The van der Waals surface area contributed by atoms with Crippen LogP contribution >= 0.6 is 0 Å². The van der Waals surface area contributed by atoms with Crippen LogP contribution in [0.15, 0.2) is 53.2 Å². The molecule has 0 bridgehead atoms. The molecule has 0 aliphatic rings. The number of halogens is 1. The average molecular weight is 344 g/mol. The molecule has 0 fully saturated rings. The van der Waals surface area contributed by atoms with Crippen LogP contribution < -0.4 is 5.32 Å². The van der Waals surface area contributed by atoms with Gasteiger partial charge in [0.1, 0.15) is 24.0 Å². The molecule has 0 unspecified atom stereocenters. The lowest BCUT2D eigenvalue weighted by Gasteiger charge is -2.03. The Morgan fingerprint density at radius 3 is 2.72 bits per heavy atom. The van der Waals surface area contributed by atoms with Crippen LogP contribution in [0.1, 0.15) is 21.9 Å². The van der Waals surface area contributed by atoms with Crippen molar-refractivity contribution >= 4 is 11.6 Å². The molecular formula is C16H13FN4O4. The van der Waals surface area contributed by atoms with Gasteiger partial charge in [-0.3, -0.25) is 19.6 Å². The van der Waals surface area contributed by atoms with E-state index in [0.29, 0.717) is 5.76 Å². The van der Waals surface area contributed by atoms with Gasteiger partial charge >= 0.3 is 5.69 Å². The van der Waals surface area contributed by atoms with Gasteiger partial charge in [-0.05, 0) is 29.8 Å². The summed E-state index contributed by atoms with van der Waals surface area (Å²) in [6, 6.07) is 8.89. The predicted molar refractivity (Wildman–Crippen MR) is 84.3 cm³/mol. The molecule has 1 amide bonds. The summed E-state index contributed by atoms with van der Waals surface area (Å²) in [5, 5.41) is 17.1. The Labute approximate surface area is 141 Å². The lowest BCUT2D eigenvalue weighted by Crippen LogP contribution is -2.22. The molecule has 2 aromatic heterocycles. The van der Waals surface area contributed by atoms with Crippen LogP contribution in [0, 0.1) is 15.9 Å². The standard InChI is InChI=1S/C16H13FN4O4/c17-12-3-1-11(2-4-12)7-18-16(22)15-6-5-14(25-15)10-20-9-13(8-19-20)21(23)24/h1-6,8-9H,7,10H2,(H,18,22). The minimum atomic E-state index is -0.542. The first-order valence-electron chi connectivity index (χ1n) is 7.29. The highest BCUT2D eigenvalue weighted by Gasteiger charge is 2.13. The van der Waals surface area contributed by atoms with E-state index < -0.39 is 10.8 Å². The number of nitro groups is 1. The summed E-state index contributed by atoms with van der Waals surface area (Å²) in [4.78, 5) is 22.1. The van der Waals surface area contributed by atoms with Crippen molar-refractivity contribution in [3.63, 3.8) is 0 Å². The first-order valence-corrected chi connectivity index (χ1v) is 7.29. The van der Waals surface area contributed by atoms with Crippen LogP contribution in [-0.2, 0) is 13.1 Å². The van der Waals surface area contributed by atoms with Crippen molar-refractivity contribution in [2.75, 3.05) is 0 Å². The summed E-state index contributed by atoms with van der Waals surface area (Å²) in [6.45, 7) is 0.402. The summed E-state index contributed by atoms with van der Waals surface area (Å²) < 4.78 is 19.6. The first kappa shape index (κ1) is 16.4. The van der Waals surface area contributed by atoms with Gasteiger partial charge in [0, 0.05) is 6.54 Å². The smallest absolute Gasteiger partial charge is 0.307 e. The molecule has 0 radical (unpaired) electrons. The number of carbonyl (C=O) groups is 1. The minimum Gasteiger partial charge on any atom is -0.454 e. The summed E-state index contributed by atoms with van der Waals surface area (Å²) in [5.41, 5.74) is 0.634. The zero-order chi connectivity index (χ0) is 17.8.